The van der Waals surface area contributed by atoms with Gasteiger partial charge in [0.05, 0.1) is 6.61 Å². The molecule has 1 aliphatic rings. The first-order valence-electron chi connectivity index (χ1n) is 7.37. The summed E-state index contributed by atoms with van der Waals surface area (Å²) in [6, 6.07) is 6.99. The number of fused-ring (bicyclic) bond motifs is 2. The number of hydrogen-bond acceptors (Lipinski definition) is 4. The molecule has 0 bridgehead atoms. The van der Waals surface area contributed by atoms with Gasteiger partial charge in [-0.05, 0) is 38.5 Å². The van der Waals surface area contributed by atoms with E-state index in [-0.39, 0.29) is 11.7 Å². The monoisotopic (exact) mass is 300 g/mol. The highest BCUT2D eigenvalue weighted by atomic mass is 16.6. The average Bonchev–Trinajstić information content (AvgIpc) is 2.42. The predicted molar refractivity (Wildman–Crippen MR) is 85.4 cm³/mol. The average molecular weight is 300 g/mol. The molecule has 0 saturated carbocycles. The van der Waals surface area contributed by atoms with Crippen LogP contribution in [-0.4, -0.2) is 18.3 Å². The summed E-state index contributed by atoms with van der Waals surface area (Å²) in [6.45, 7) is 10.3. The van der Waals surface area contributed by atoms with E-state index >= 15 is 0 Å². The van der Waals surface area contributed by atoms with Crippen molar-refractivity contribution in [1.29, 1.82) is 0 Å². The highest BCUT2D eigenvalue weighted by molar-refractivity contribution is 5.79. The third kappa shape index (κ3) is 2.79. The number of benzene rings is 1. The first kappa shape index (κ1) is 14.9. The maximum atomic E-state index is 11.3. The van der Waals surface area contributed by atoms with Gasteiger partial charge in [-0.1, -0.05) is 12.2 Å². The van der Waals surface area contributed by atoms with E-state index in [9.17, 15) is 4.79 Å². The van der Waals surface area contributed by atoms with Gasteiger partial charge in [-0.25, -0.2) is 4.79 Å². The predicted octanol–water partition coefficient (Wildman–Crippen LogP) is 3.47. The van der Waals surface area contributed by atoms with E-state index in [1.165, 1.54) is 6.07 Å². The van der Waals surface area contributed by atoms with E-state index in [0.717, 1.165) is 28.7 Å². The normalized spacial score (nSPS) is 19.5. The number of ether oxygens (including phenoxy) is 2. The van der Waals surface area contributed by atoms with Crippen LogP contribution in [0, 0.1) is 0 Å². The minimum Gasteiger partial charge on any atom is -0.485 e. The van der Waals surface area contributed by atoms with E-state index in [0.29, 0.717) is 12.2 Å². The SMILES string of the molecule is C=C(C)CO[C@H]1Cc2cc3ccc(=O)oc3cc2OC1(C)C. The third-order valence-corrected chi connectivity index (χ3v) is 3.89. The Morgan fingerprint density at radius 2 is 2.18 bits per heavy atom. The van der Waals surface area contributed by atoms with Gasteiger partial charge in [-0.3, -0.25) is 0 Å². The van der Waals surface area contributed by atoms with Gasteiger partial charge >= 0.3 is 5.63 Å². The van der Waals surface area contributed by atoms with Crippen molar-refractivity contribution in [3.05, 3.63) is 52.4 Å². The van der Waals surface area contributed by atoms with E-state index in [1.807, 2.05) is 26.8 Å². The van der Waals surface area contributed by atoms with Crippen LogP contribution in [0.25, 0.3) is 11.0 Å². The molecule has 2 heterocycles. The molecule has 1 aliphatic heterocycles. The van der Waals surface area contributed by atoms with Crippen molar-refractivity contribution >= 4 is 11.0 Å². The van der Waals surface area contributed by atoms with Gasteiger partial charge in [-0.2, -0.15) is 0 Å². The fraction of sp³-hybridized carbons (Fsp3) is 0.389. The van der Waals surface area contributed by atoms with E-state index in [2.05, 4.69) is 6.58 Å². The van der Waals surface area contributed by atoms with Crippen LogP contribution in [0.5, 0.6) is 5.75 Å². The third-order valence-electron chi connectivity index (χ3n) is 3.89. The van der Waals surface area contributed by atoms with Crippen molar-refractivity contribution in [2.45, 2.75) is 38.9 Å². The largest absolute Gasteiger partial charge is 0.485 e. The molecule has 0 N–H and O–H groups in total. The molecule has 1 atom stereocenters. The summed E-state index contributed by atoms with van der Waals surface area (Å²) in [6.07, 6.45) is 0.704. The minimum atomic E-state index is -0.453. The molecule has 4 nitrogen and oxygen atoms in total. The zero-order valence-electron chi connectivity index (χ0n) is 13.1. The standard InChI is InChI=1S/C18H20O4/c1-11(2)10-20-16-8-13-7-12-5-6-17(19)21-14(12)9-15(13)22-18(16,3)4/h5-7,9,16H,1,8,10H2,2-4H3/t16-/m0/s1. The van der Waals surface area contributed by atoms with Gasteiger partial charge < -0.3 is 13.9 Å². The Morgan fingerprint density at radius 1 is 1.41 bits per heavy atom. The van der Waals surface area contributed by atoms with Gasteiger partial charge in [0.1, 0.15) is 23.0 Å². The Hall–Kier alpha value is -2.07. The Kier molecular flexibility index (Phi) is 3.57. The van der Waals surface area contributed by atoms with Crippen LogP contribution in [0.1, 0.15) is 26.3 Å². The summed E-state index contributed by atoms with van der Waals surface area (Å²) >= 11 is 0. The molecule has 0 radical (unpaired) electrons. The van der Waals surface area contributed by atoms with Gasteiger partial charge in [0.25, 0.3) is 0 Å². The lowest BCUT2D eigenvalue weighted by atomic mass is 9.90. The summed E-state index contributed by atoms with van der Waals surface area (Å²) in [5.41, 5.74) is 1.79. The molecule has 3 rings (SSSR count). The van der Waals surface area contributed by atoms with Gasteiger partial charge in [0.15, 0.2) is 0 Å². The summed E-state index contributed by atoms with van der Waals surface area (Å²) < 4.78 is 17.3. The van der Waals surface area contributed by atoms with Crippen molar-refractivity contribution in [2.24, 2.45) is 0 Å². The second-order valence-corrected chi connectivity index (χ2v) is 6.42. The van der Waals surface area contributed by atoms with Crippen molar-refractivity contribution in [3.8, 4) is 5.75 Å². The molecule has 2 aromatic rings. The number of hydrogen-bond donors (Lipinski definition) is 0. The molecule has 0 aliphatic carbocycles. The molecule has 0 fully saturated rings. The highest BCUT2D eigenvalue weighted by Crippen LogP contribution is 2.37. The van der Waals surface area contributed by atoms with Crippen LogP contribution in [-0.2, 0) is 11.2 Å². The molecule has 116 valence electrons. The maximum Gasteiger partial charge on any atom is 0.336 e. The molecule has 0 amide bonds. The highest BCUT2D eigenvalue weighted by Gasteiger charge is 2.38. The smallest absolute Gasteiger partial charge is 0.336 e. The van der Waals surface area contributed by atoms with E-state index in [1.54, 1.807) is 12.1 Å². The van der Waals surface area contributed by atoms with Crippen molar-refractivity contribution in [1.82, 2.24) is 0 Å². The topological polar surface area (TPSA) is 48.7 Å². The van der Waals surface area contributed by atoms with Gasteiger partial charge in [0.2, 0.25) is 0 Å². The fourth-order valence-corrected chi connectivity index (χ4v) is 2.70. The first-order valence-corrected chi connectivity index (χ1v) is 7.37. The summed E-state index contributed by atoms with van der Waals surface area (Å²) in [5, 5.41) is 0.889. The molecule has 1 aromatic heterocycles. The zero-order chi connectivity index (χ0) is 15.9. The van der Waals surface area contributed by atoms with Crippen LogP contribution >= 0.6 is 0 Å². The van der Waals surface area contributed by atoms with Gasteiger partial charge in [-0.15, -0.1) is 0 Å². The van der Waals surface area contributed by atoms with E-state index < -0.39 is 5.60 Å². The lowest BCUT2D eigenvalue weighted by Crippen LogP contribution is -2.48. The molecule has 4 heteroatoms. The second kappa shape index (κ2) is 5.29. The van der Waals surface area contributed by atoms with Crippen LogP contribution in [0.15, 0.2) is 45.6 Å². The Bertz CT molecular complexity index is 785. The lowest BCUT2D eigenvalue weighted by Gasteiger charge is -2.39. The Balaban J connectivity index is 1.98. The minimum absolute atomic E-state index is 0.0510. The summed E-state index contributed by atoms with van der Waals surface area (Å²) in [4.78, 5) is 11.3. The first-order chi connectivity index (χ1) is 10.3. The van der Waals surface area contributed by atoms with Crippen LogP contribution in [0.2, 0.25) is 0 Å². The molecular weight excluding hydrogens is 280 g/mol. The fourth-order valence-electron chi connectivity index (χ4n) is 2.70. The molecule has 1 aromatic carbocycles. The molecule has 22 heavy (non-hydrogen) atoms. The molecular formula is C18H20O4. The molecule has 0 spiro atoms. The van der Waals surface area contributed by atoms with Crippen molar-refractivity contribution in [3.63, 3.8) is 0 Å². The Morgan fingerprint density at radius 3 is 2.91 bits per heavy atom. The summed E-state index contributed by atoms with van der Waals surface area (Å²) in [5.74, 6) is 0.752. The number of rotatable bonds is 3. The maximum absolute atomic E-state index is 11.3. The van der Waals surface area contributed by atoms with Crippen LogP contribution in [0.4, 0.5) is 0 Å². The second-order valence-electron chi connectivity index (χ2n) is 6.42. The van der Waals surface area contributed by atoms with Gasteiger partial charge in [0, 0.05) is 23.9 Å². The van der Waals surface area contributed by atoms with E-state index in [4.69, 9.17) is 13.9 Å². The van der Waals surface area contributed by atoms with Crippen molar-refractivity contribution < 1.29 is 13.9 Å². The lowest BCUT2D eigenvalue weighted by molar-refractivity contribution is -0.0770. The van der Waals surface area contributed by atoms with Crippen LogP contribution in [0.3, 0.4) is 0 Å². The van der Waals surface area contributed by atoms with Crippen LogP contribution < -0.4 is 10.4 Å². The summed E-state index contributed by atoms with van der Waals surface area (Å²) in [7, 11) is 0. The Labute approximate surface area is 129 Å². The quantitative estimate of drug-likeness (QED) is 0.643. The molecule has 0 unspecified atom stereocenters. The van der Waals surface area contributed by atoms with Crippen molar-refractivity contribution in [2.75, 3.05) is 6.61 Å². The zero-order valence-corrected chi connectivity index (χ0v) is 13.1. The molecule has 0 saturated heterocycles.